The largest absolute Gasteiger partial charge is 0.369 e. The number of rotatable bonds is 1. The molecule has 7 heteroatoms. The van der Waals surface area contributed by atoms with Gasteiger partial charge in [0.15, 0.2) is 5.96 Å². The zero-order chi connectivity index (χ0) is 17.5. The molecule has 1 aliphatic heterocycles. The Morgan fingerprint density at radius 3 is 2.38 bits per heavy atom. The summed E-state index contributed by atoms with van der Waals surface area (Å²) in [5, 5.41) is 2.70. The molecule has 0 radical (unpaired) electrons. The van der Waals surface area contributed by atoms with E-state index in [9.17, 15) is 4.79 Å². The van der Waals surface area contributed by atoms with E-state index in [1.54, 1.807) is 0 Å². The van der Waals surface area contributed by atoms with E-state index in [1.807, 2.05) is 36.9 Å². The van der Waals surface area contributed by atoms with Crippen LogP contribution < -0.4 is 16.8 Å². The van der Waals surface area contributed by atoms with E-state index in [0.717, 1.165) is 37.1 Å². The van der Waals surface area contributed by atoms with Gasteiger partial charge in [0.2, 0.25) is 5.96 Å². The van der Waals surface area contributed by atoms with Crippen LogP contribution >= 0.6 is 0 Å². The maximum absolute atomic E-state index is 12.0. The van der Waals surface area contributed by atoms with Crippen LogP contribution in [0.25, 0.3) is 0 Å². The Bertz CT molecular complexity index is 644. The zero-order valence-corrected chi connectivity index (χ0v) is 14.4. The molecule has 0 bridgehead atoms. The molecule has 0 spiro atoms. The fourth-order valence-electron chi connectivity index (χ4n) is 2.71. The van der Waals surface area contributed by atoms with Crippen LogP contribution in [0.5, 0.6) is 0 Å². The first-order valence-corrected chi connectivity index (χ1v) is 8.27. The third kappa shape index (κ3) is 5.26. The summed E-state index contributed by atoms with van der Waals surface area (Å²) in [5.74, 6) is 0.177. The molecule has 1 aliphatic rings. The van der Waals surface area contributed by atoms with Gasteiger partial charge in [-0.15, -0.1) is 0 Å². The molecule has 1 aromatic carbocycles. The van der Waals surface area contributed by atoms with Crippen LogP contribution in [0.3, 0.4) is 0 Å². The number of anilines is 1. The zero-order valence-electron chi connectivity index (χ0n) is 14.4. The van der Waals surface area contributed by atoms with Crippen LogP contribution in [0, 0.1) is 13.8 Å². The fourth-order valence-corrected chi connectivity index (χ4v) is 2.71. The summed E-state index contributed by atoms with van der Waals surface area (Å²) >= 11 is 0. The van der Waals surface area contributed by atoms with Crippen molar-refractivity contribution in [1.29, 1.82) is 0 Å². The van der Waals surface area contributed by atoms with Gasteiger partial charge < -0.3 is 21.7 Å². The van der Waals surface area contributed by atoms with Gasteiger partial charge in [-0.05, 0) is 38.3 Å². The second kappa shape index (κ2) is 8.33. The van der Waals surface area contributed by atoms with Crippen molar-refractivity contribution < 1.29 is 4.79 Å². The lowest BCUT2D eigenvalue weighted by Crippen LogP contribution is -2.39. The Balaban J connectivity index is 2.00. The molecule has 1 fully saturated rings. The Morgan fingerprint density at radius 2 is 1.75 bits per heavy atom. The highest BCUT2D eigenvalue weighted by Crippen LogP contribution is 2.16. The van der Waals surface area contributed by atoms with Gasteiger partial charge in [0, 0.05) is 18.8 Å². The number of aryl methyl sites for hydroxylation is 2. The number of likely N-dealkylation sites (tertiary alicyclic amines) is 1. The number of nitrogens with two attached hydrogens (primary N) is 2. The Labute approximate surface area is 142 Å². The van der Waals surface area contributed by atoms with Gasteiger partial charge in [0.25, 0.3) is 0 Å². The number of hydrogen-bond acceptors (Lipinski definition) is 1. The Morgan fingerprint density at radius 1 is 1.08 bits per heavy atom. The van der Waals surface area contributed by atoms with Gasteiger partial charge in [0.1, 0.15) is 0 Å². The molecule has 1 aromatic rings. The number of nitrogens with zero attached hydrogens (tertiary/aromatic N) is 3. The first kappa shape index (κ1) is 17.8. The van der Waals surface area contributed by atoms with Crippen molar-refractivity contribution in [2.24, 2.45) is 21.5 Å². The summed E-state index contributed by atoms with van der Waals surface area (Å²) < 4.78 is 0. The van der Waals surface area contributed by atoms with Crippen molar-refractivity contribution >= 4 is 23.6 Å². The maximum Gasteiger partial charge on any atom is 0.348 e. The van der Waals surface area contributed by atoms with Crippen molar-refractivity contribution in [1.82, 2.24) is 4.90 Å². The third-order valence-electron chi connectivity index (χ3n) is 4.00. The molecular weight excluding hydrogens is 304 g/mol. The summed E-state index contributed by atoms with van der Waals surface area (Å²) in [6.07, 6.45) is 4.57. The van der Waals surface area contributed by atoms with Crippen molar-refractivity contribution in [3.05, 3.63) is 29.3 Å². The quantitative estimate of drug-likeness (QED) is 0.542. The monoisotopic (exact) mass is 330 g/mol. The number of benzene rings is 1. The SMILES string of the molecule is Cc1ccc(NC(=O)N=C(N)N=C(N)N2CCCCCC2)c(C)c1. The molecule has 5 N–H and O–H groups in total. The maximum atomic E-state index is 12.0. The Kier molecular flexibility index (Phi) is 6.17. The molecule has 24 heavy (non-hydrogen) atoms. The lowest BCUT2D eigenvalue weighted by molar-refractivity contribution is 0.259. The van der Waals surface area contributed by atoms with Gasteiger partial charge in [0.05, 0.1) is 0 Å². The molecule has 0 atom stereocenters. The normalized spacial score (nSPS) is 16.7. The summed E-state index contributed by atoms with van der Waals surface area (Å²) in [6.45, 7) is 5.63. The van der Waals surface area contributed by atoms with E-state index in [0.29, 0.717) is 11.6 Å². The number of amides is 2. The van der Waals surface area contributed by atoms with E-state index in [4.69, 9.17) is 11.5 Å². The molecule has 0 unspecified atom stereocenters. The van der Waals surface area contributed by atoms with Crippen LogP contribution in [-0.2, 0) is 0 Å². The van der Waals surface area contributed by atoms with Crippen LogP contribution in [0.1, 0.15) is 36.8 Å². The second-order valence-corrected chi connectivity index (χ2v) is 6.09. The van der Waals surface area contributed by atoms with Crippen LogP contribution in [-0.4, -0.2) is 35.9 Å². The molecular formula is C17H26N6O. The molecule has 2 amide bonds. The van der Waals surface area contributed by atoms with Gasteiger partial charge >= 0.3 is 6.03 Å². The van der Waals surface area contributed by atoms with Crippen LogP contribution in [0.15, 0.2) is 28.2 Å². The topological polar surface area (TPSA) is 109 Å². The summed E-state index contributed by atoms with van der Waals surface area (Å²) in [7, 11) is 0. The van der Waals surface area contributed by atoms with E-state index in [1.165, 1.54) is 12.8 Å². The van der Waals surface area contributed by atoms with Crippen molar-refractivity contribution in [2.75, 3.05) is 18.4 Å². The van der Waals surface area contributed by atoms with Gasteiger partial charge in [-0.25, -0.2) is 4.79 Å². The lowest BCUT2D eigenvalue weighted by Gasteiger charge is -2.20. The molecule has 0 aliphatic carbocycles. The molecule has 7 nitrogen and oxygen atoms in total. The lowest BCUT2D eigenvalue weighted by atomic mass is 10.1. The third-order valence-corrected chi connectivity index (χ3v) is 4.00. The van der Waals surface area contributed by atoms with Gasteiger partial charge in [-0.2, -0.15) is 9.98 Å². The standard InChI is InChI=1S/C17H26N6O/c1-12-7-8-14(13(2)11-12)20-17(24)22-15(18)21-16(19)23-9-5-3-4-6-10-23/h7-8,11H,3-6,9-10H2,1-2H3,(H5,18,19,20,21,22,24). The first-order chi connectivity index (χ1) is 11.5. The fraction of sp³-hybridized carbons (Fsp3) is 0.471. The van der Waals surface area contributed by atoms with E-state index < -0.39 is 6.03 Å². The minimum atomic E-state index is -0.563. The number of urea groups is 1. The molecule has 2 rings (SSSR count). The summed E-state index contributed by atoms with van der Waals surface area (Å²) in [5.41, 5.74) is 14.5. The van der Waals surface area contributed by atoms with Crippen LogP contribution in [0.4, 0.5) is 10.5 Å². The first-order valence-electron chi connectivity index (χ1n) is 8.27. The predicted molar refractivity (Wildman–Crippen MR) is 98.2 cm³/mol. The van der Waals surface area contributed by atoms with Crippen molar-refractivity contribution in [2.45, 2.75) is 39.5 Å². The van der Waals surface area contributed by atoms with E-state index >= 15 is 0 Å². The highest BCUT2D eigenvalue weighted by atomic mass is 16.2. The molecule has 130 valence electrons. The summed E-state index contributed by atoms with van der Waals surface area (Å²) in [6, 6.07) is 5.18. The van der Waals surface area contributed by atoms with E-state index in [-0.39, 0.29) is 5.96 Å². The van der Waals surface area contributed by atoms with Gasteiger partial charge in [-0.3, -0.25) is 0 Å². The van der Waals surface area contributed by atoms with Crippen molar-refractivity contribution in [3.8, 4) is 0 Å². The number of nitrogens with one attached hydrogen (secondary N) is 1. The minimum Gasteiger partial charge on any atom is -0.369 e. The molecule has 0 saturated carbocycles. The number of guanidine groups is 2. The molecule has 1 saturated heterocycles. The van der Waals surface area contributed by atoms with Crippen molar-refractivity contribution in [3.63, 3.8) is 0 Å². The smallest absolute Gasteiger partial charge is 0.348 e. The molecule has 1 heterocycles. The predicted octanol–water partition coefficient (Wildman–Crippen LogP) is 2.34. The number of carbonyl (C=O) groups is 1. The average molecular weight is 330 g/mol. The number of carbonyl (C=O) groups excluding carboxylic acids is 1. The van der Waals surface area contributed by atoms with E-state index in [2.05, 4.69) is 15.3 Å². The van der Waals surface area contributed by atoms with Gasteiger partial charge in [-0.1, -0.05) is 30.5 Å². The Hall–Kier alpha value is -2.57. The average Bonchev–Trinajstić information content (AvgIpc) is 2.79. The highest BCUT2D eigenvalue weighted by Gasteiger charge is 2.11. The number of hydrogen-bond donors (Lipinski definition) is 3. The highest BCUT2D eigenvalue weighted by molar-refractivity contribution is 6.02. The summed E-state index contributed by atoms with van der Waals surface area (Å²) in [4.78, 5) is 21.7. The number of aliphatic imine (C=N–C) groups is 2. The minimum absolute atomic E-state index is 0.140. The molecule has 0 aromatic heterocycles. The second-order valence-electron chi connectivity index (χ2n) is 6.09. The van der Waals surface area contributed by atoms with Crippen LogP contribution in [0.2, 0.25) is 0 Å².